The summed E-state index contributed by atoms with van der Waals surface area (Å²) in [6, 6.07) is 0. The van der Waals surface area contributed by atoms with E-state index in [4.69, 9.17) is 5.73 Å². The molecule has 1 aliphatic heterocycles. The van der Waals surface area contributed by atoms with Crippen LogP contribution in [0.25, 0.3) is 0 Å². The maximum Gasteiger partial charge on any atom is 0.0728 e. The fourth-order valence-electron chi connectivity index (χ4n) is 4.52. The second-order valence-corrected chi connectivity index (χ2v) is 7.16. The first-order valence-corrected chi connectivity index (χ1v) is 8.74. The molecule has 0 aromatic heterocycles. The van der Waals surface area contributed by atoms with Gasteiger partial charge < -0.3 is 15.7 Å². The standard InChI is InChI=1S/C17H34N2O/c1-3-15-6-9-16(14-18,10-7-15)17(20)8-5-12-19(4-2)13-11-17/h15,20H,3-14,18H2,1-2H3. The Labute approximate surface area is 124 Å². The van der Waals surface area contributed by atoms with Crippen LogP contribution in [-0.2, 0) is 0 Å². The Morgan fingerprint density at radius 3 is 2.35 bits per heavy atom. The lowest BCUT2D eigenvalue weighted by atomic mass is 9.59. The number of likely N-dealkylation sites (tertiary alicyclic amines) is 1. The largest absolute Gasteiger partial charge is 0.389 e. The van der Waals surface area contributed by atoms with Crippen molar-refractivity contribution in [3.63, 3.8) is 0 Å². The minimum absolute atomic E-state index is 0.0115. The first-order valence-electron chi connectivity index (χ1n) is 8.74. The van der Waals surface area contributed by atoms with Crippen molar-refractivity contribution in [2.24, 2.45) is 17.1 Å². The number of rotatable bonds is 4. The molecule has 3 nitrogen and oxygen atoms in total. The van der Waals surface area contributed by atoms with Gasteiger partial charge in [0.2, 0.25) is 0 Å². The van der Waals surface area contributed by atoms with Crippen LogP contribution in [0.15, 0.2) is 0 Å². The smallest absolute Gasteiger partial charge is 0.0728 e. The molecule has 2 aliphatic rings. The molecule has 3 heteroatoms. The van der Waals surface area contributed by atoms with E-state index in [0.29, 0.717) is 6.54 Å². The van der Waals surface area contributed by atoms with Crippen molar-refractivity contribution in [2.75, 3.05) is 26.2 Å². The molecule has 1 unspecified atom stereocenters. The van der Waals surface area contributed by atoms with Crippen LogP contribution in [0.2, 0.25) is 0 Å². The maximum absolute atomic E-state index is 11.4. The van der Waals surface area contributed by atoms with Gasteiger partial charge in [-0.1, -0.05) is 20.3 Å². The highest BCUT2D eigenvalue weighted by Crippen LogP contribution is 2.50. The highest BCUT2D eigenvalue weighted by molar-refractivity contribution is 5.03. The van der Waals surface area contributed by atoms with E-state index in [1.807, 2.05) is 0 Å². The highest BCUT2D eigenvalue weighted by atomic mass is 16.3. The summed E-state index contributed by atoms with van der Waals surface area (Å²) >= 11 is 0. The zero-order chi connectivity index (χ0) is 14.6. The number of nitrogens with two attached hydrogens (primary N) is 1. The van der Waals surface area contributed by atoms with Crippen molar-refractivity contribution in [1.29, 1.82) is 0 Å². The van der Waals surface area contributed by atoms with Crippen molar-refractivity contribution < 1.29 is 5.11 Å². The minimum atomic E-state index is -0.523. The quantitative estimate of drug-likeness (QED) is 0.833. The molecule has 0 radical (unpaired) electrons. The summed E-state index contributed by atoms with van der Waals surface area (Å²) in [5.41, 5.74) is 5.65. The van der Waals surface area contributed by atoms with Crippen molar-refractivity contribution >= 4 is 0 Å². The third-order valence-corrected chi connectivity index (χ3v) is 6.37. The zero-order valence-electron chi connectivity index (χ0n) is 13.5. The van der Waals surface area contributed by atoms with Crippen LogP contribution in [0.1, 0.15) is 65.2 Å². The fraction of sp³-hybridized carbons (Fsp3) is 1.00. The molecule has 1 saturated carbocycles. The predicted octanol–water partition coefficient (Wildman–Crippen LogP) is 2.77. The third-order valence-electron chi connectivity index (χ3n) is 6.37. The van der Waals surface area contributed by atoms with Crippen LogP contribution in [-0.4, -0.2) is 41.8 Å². The number of nitrogens with zero attached hydrogens (tertiary/aromatic N) is 1. The molecule has 0 spiro atoms. The fourth-order valence-corrected chi connectivity index (χ4v) is 4.52. The molecule has 1 heterocycles. The van der Waals surface area contributed by atoms with E-state index in [2.05, 4.69) is 18.7 Å². The topological polar surface area (TPSA) is 49.5 Å². The zero-order valence-corrected chi connectivity index (χ0v) is 13.5. The van der Waals surface area contributed by atoms with Gasteiger partial charge in [0.05, 0.1) is 5.60 Å². The molecule has 1 saturated heterocycles. The number of hydrogen-bond acceptors (Lipinski definition) is 3. The molecular formula is C17H34N2O. The molecule has 0 amide bonds. The van der Waals surface area contributed by atoms with E-state index in [-0.39, 0.29) is 5.41 Å². The van der Waals surface area contributed by atoms with Crippen LogP contribution in [0.3, 0.4) is 0 Å². The summed E-state index contributed by atoms with van der Waals surface area (Å²) in [5, 5.41) is 11.4. The molecule has 0 bridgehead atoms. The summed E-state index contributed by atoms with van der Waals surface area (Å²) in [7, 11) is 0. The monoisotopic (exact) mass is 282 g/mol. The van der Waals surface area contributed by atoms with E-state index in [9.17, 15) is 5.11 Å². The van der Waals surface area contributed by atoms with Gasteiger partial charge in [-0.3, -0.25) is 0 Å². The van der Waals surface area contributed by atoms with Gasteiger partial charge in [0.1, 0.15) is 0 Å². The average Bonchev–Trinajstić information content (AvgIpc) is 2.70. The Morgan fingerprint density at radius 1 is 1.10 bits per heavy atom. The van der Waals surface area contributed by atoms with Gasteiger partial charge in [-0.25, -0.2) is 0 Å². The van der Waals surface area contributed by atoms with E-state index >= 15 is 0 Å². The molecule has 118 valence electrons. The summed E-state index contributed by atoms with van der Waals surface area (Å²) < 4.78 is 0. The summed E-state index contributed by atoms with van der Waals surface area (Å²) in [4.78, 5) is 2.47. The molecule has 2 rings (SSSR count). The average molecular weight is 282 g/mol. The molecular weight excluding hydrogens is 248 g/mol. The Balaban J connectivity index is 2.09. The normalized spacial score (nSPS) is 40.5. The van der Waals surface area contributed by atoms with Gasteiger partial charge in [-0.05, 0) is 64.0 Å². The molecule has 20 heavy (non-hydrogen) atoms. The van der Waals surface area contributed by atoms with E-state index in [1.165, 1.54) is 19.3 Å². The second-order valence-electron chi connectivity index (χ2n) is 7.16. The lowest BCUT2D eigenvalue weighted by molar-refractivity contribution is -0.113. The van der Waals surface area contributed by atoms with Crippen LogP contribution < -0.4 is 5.73 Å². The summed E-state index contributed by atoms with van der Waals surface area (Å²) in [5.74, 6) is 0.858. The third kappa shape index (κ3) is 3.05. The van der Waals surface area contributed by atoms with Gasteiger partial charge in [-0.15, -0.1) is 0 Å². The first-order chi connectivity index (χ1) is 9.59. The SMILES string of the molecule is CCC1CCC(CN)(C2(O)CCCN(CC)CC2)CC1. The van der Waals surface area contributed by atoms with Gasteiger partial charge in [-0.2, -0.15) is 0 Å². The Morgan fingerprint density at radius 2 is 1.80 bits per heavy atom. The Hall–Kier alpha value is -0.120. The molecule has 1 atom stereocenters. The molecule has 0 aromatic rings. The van der Waals surface area contributed by atoms with Gasteiger partial charge in [0, 0.05) is 18.5 Å². The minimum Gasteiger partial charge on any atom is -0.389 e. The van der Waals surface area contributed by atoms with Crippen molar-refractivity contribution in [1.82, 2.24) is 4.90 Å². The van der Waals surface area contributed by atoms with Gasteiger partial charge in [0.15, 0.2) is 0 Å². The van der Waals surface area contributed by atoms with Crippen molar-refractivity contribution in [3.8, 4) is 0 Å². The molecule has 0 aromatic carbocycles. The lowest BCUT2D eigenvalue weighted by Gasteiger charge is -2.50. The first kappa shape index (κ1) is 16.3. The van der Waals surface area contributed by atoms with Crippen LogP contribution in [0.5, 0.6) is 0 Å². The van der Waals surface area contributed by atoms with Gasteiger partial charge >= 0.3 is 0 Å². The summed E-state index contributed by atoms with van der Waals surface area (Å²) in [6.07, 6.45) is 9.02. The number of aliphatic hydroxyl groups is 1. The van der Waals surface area contributed by atoms with E-state index in [0.717, 1.165) is 57.7 Å². The molecule has 3 N–H and O–H groups in total. The highest BCUT2D eigenvalue weighted by Gasteiger charge is 2.50. The van der Waals surface area contributed by atoms with Crippen LogP contribution >= 0.6 is 0 Å². The van der Waals surface area contributed by atoms with E-state index in [1.54, 1.807) is 0 Å². The molecule has 2 fully saturated rings. The Kier molecular flexibility index (Phi) is 5.49. The van der Waals surface area contributed by atoms with Crippen molar-refractivity contribution in [3.05, 3.63) is 0 Å². The van der Waals surface area contributed by atoms with Crippen LogP contribution in [0.4, 0.5) is 0 Å². The maximum atomic E-state index is 11.4. The second kappa shape index (κ2) is 6.76. The van der Waals surface area contributed by atoms with Crippen LogP contribution in [0, 0.1) is 11.3 Å². The summed E-state index contributed by atoms with van der Waals surface area (Å²) in [6.45, 7) is 8.44. The Bertz CT molecular complexity index is 299. The molecule has 1 aliphatic carbocycles. The predicted molar refractivity (Wildman–Crippen MR) is 84.7 cm³/mol. The number of hydrogen-bond donors (Lipinski definition) is 2. The van der Waals surface area contributed by atoms with Gasteiger partial charge in [0.25, 0.3) is 0 Å². The van der Waals surface area contributed by atoms with E-state index < -0.39 is 5.60 Å². The van der Waals surface area contributed by atoms with Crippen molar-refractivity contribution in [2.45, 2.75) is 70.8 Å². The lowest BCUT2D eigenvalue weighted by Crippen LogP contribution is -2.54.